The smallest absolute Gasteiger partial charge is 0.269 e. The highest BCUT2D eigenvalue weighted by atomic mass is 16.5. The molecule has 8 nitrogen and oxygen atoms in total. The van der Waals surface area contributed by atoms with E-state index in [1.807, 2.05) is 25.6 Å². The minimum atomic E-state index is -0.138. The summed E-state index contributed by atoms with van der Waals surface area (Å²) in [6.07, 6.45) is 0. The standard InChI is InChI=1S/C16H24N6O2/c1-11-15(12(2)21(3)20-11)13-10-14(19-18-13)16(23)17-4-5-22-6-8-24-9-7-22/h10H,4-9H2,1-3H3,(H,17,23)(H,18,19). The molecule has 0 aliphatic carbocycles. The summed E-state index contributed by atoms with van der Waals surface area (Å²) >= 11 is 0. The number of H-pyrrole nitrogens is 1. The molecule has 1 aliphatic rings. The van der Waals surface area contributed by atoms with Gasteiger partial charge in [-0.15, -0.1) is 0 Å². The second kappa shape index (κ2) is 7.14. The van der Waals surface area contributed by atoms with Crippen LogP contribution in [-0.2, 0) is 11.8 Å². The quantitative estimate of drug-likeness (QED) is 0.832. The molecule has 2 aromatic rings. The normalized spacial score (nSPS) is 15.6. The molecule has 0 radical (unpaired) electrons. The lowest BCUT2D eigenvalue weighted by molar-refractivity contribution is 0.0383. The summed E-state index contributed by atoms with van der Waals surface area (Å²) in [4.78, 5) is 14.5. The molecule has 3 heterocycles. The molecule has 2 aromatic heterocycles. The van der Waals surface area contributed by atoms with Gasteiger partial charge in [-0.3, -0.25) is 19.5 Å². The molecule has 130 valence electrons. The van der Waals surface area contributed by atoms with Crippen LogP contribution in [0.5, 0.6) is 0 Å². The molecule has 1 aliphatic heterocycles. The summed E-state index contributed by atoms with van der Waals surface area (Å²) in [5, 5.41) is 14.4. The number of hydrogen-bond acceptors (Lipinski definition) is 5. The van der Waals surface area contributed by atoms with Crippen molar-refractivity contribution in [2.45, 2.75) is 13.8 Å². The van der Waals surface area contributed by atoms with Crippen LogP contribution in [0.15, 0.2) is 6.07 Å². The minimum absolute atomic E-state index is 0.138. The molecular formula is C16H24N6O2. The molecule has 1 saturated heterocycles. The van der Waals surface area contributed by atoms with Crippen molar-refractivity contribution in [3.63, 3.8) is 0 Å². The number of amides is 1. The molecule has 0 spiro atoms. The summed E-state index contributed by atoms with van der Waals surface area (Å²) in [7, 11) is 1.90. The molecule has 8 heteroatoms. The number of rotatable bonds is 5. The predicted molar refractivity (Wildman–Crippen MR) is 89.9 cm³/mol. The fourth-order valence-corrected chi connectivity index (χ4v) is 2.96. The van der Waals surface area contributed by atoms with Crippen LogP contribution in [0.1, 0.15) is 21.9 Å². The second-order valence-corrected chi connectivity index (χ2v) is 6.05. The number of carbonyl (C=O) groups is 1. The Morgan fingerprint density at radius 3 is 2.79 bits per heavy atom. The number of nitrogens with one attached hydrogen (secondary N) is 2. The molecule has 0 unspecified atom stereocenters. The van der Waals surface area contributed by atoms with Gasteiger partial charge in [-0.2, -0.15) is 10.2 Å². The Bertz CT molecular complexity index is 714. The van der Waals surface area contributed by atoms with Crippen LogP contribution in [0.3, 0.4) is 0 Å². The van der Waals surface area contributed by atoms with Crippen LogP contribution in [0, 0.1) is 13.8 Å². The summed E-state index contributed by atoms with van der Waals surface area (Å²) in [5.41, 5.74) is 4.12. The van der Waals surface area contributed by atoms with E-state index in [1.54, 1.807) is 6.07 Å². The third-order valence-electron chi connectivity index (χ3n) is 4.40. The number of aryl methyl sites for hydroxylation is 2. The zero-order chi connectivity index (χ0) is 17.1. The molecular weight excluding hydrogens is 308 g/mol. The van der Waals surface area contributed by atoms with Crippen LogP contribution in [-0.4, -0.2) is 70.2 Å². The van der Waals surface area contributed by atoms with Crippen LogP contribution in [0.25, 0.3) is 11.3 Å². The first-order chi connectivity index (χ1) is 11.6. The number of hydrogen-bond donors (Lipinski definition) is 2. The van der Waals surface area contributed by atoms with E-state index in [1.165, 1.54) is 0 Å². The van der Waals surface area contributed by atoms with Gasteiger partial charge in [0.05, 0.1) is 24.6 Å². The van der Waals surface area contributed by atoms with E-state index in [0.717, 1.165) is 55.5 Å². The molecule has 0 saturated carbocycles. The monoisotopic (exact) mass is 332 g/mol. The van der Waals surface area contributed by atoms with Crippen LogP contribution >= 0.6 is 0 Å². The fraction of sp³-hybridized carbons (Fsp3) is 0.562. The molecule has 1 fully saturated rings. The number of carbonyl (C=O) groups excluding carboxylic acids is 1. The van der Waals surface area contributed by atoms with E-state index in [2.05, 4.69) is 25.5 Å². The number of aromatic nitrogens is 4. The van der Waals surface area contributed by atoms with Gasteiger partial charge in [0.15, 0.2) is 0 Å². The van der Waals surface area contributed by atoms with Gasteiger partial charge in [-0.1, -0.05) is 0 Å². The van der Waals surface area contributed by atoms with E-state index >= 15 is 0 Å². The predicted octanol–water partition coefficient (Wildman–Crippen LogP) is 0.489. The Morgan fingerprint density at radius 2 is 2.12 bits per heavy atom. The maximum absolute atomic E-state index is 12.3. The van der Waals surface area contributed by atoms with Crippen molar-refractivity contribution in [2.24, 2.45) is 7.05 Å². The van der Waals surface area contributed by atoms with Crippen molar-refractivity contribution in [1.29, 1.82) is 0 Å². The largest absolute Gasteiger partial charge is 0.379 e. The second-order valence-electron chi connectivity index (χ2n) is 6.05. The molecule has 2 N–H and O–H groups in total. The van der Waals surface area contributed by atoms with Gasteiger partial charge in [-0.25, -0.2) is 0 Å². The third-order valence-corrected chi connectivity index (χ3v) is 4.40. The van der Waals surface area contributed by atoms with Crippen molar-refractivity contribution in [1.82, 2.24) is 30.2 Å². The summed E-state index contributed by atoms with van der Waals surface area (Å²) < 4.78 is 7.13. The average molecular weight is 332 g/mol. The van der Waals surface area contributed by atoms with Crippen LogP contribution < -0.4 is 5.32 Å². The van der Waals surface area contributed by atoms with E-state index in [4.69, 9.17) is 4.74 Å². The van der Waals surface area contributed by atoms with Crippen LogP contribution in [0.2, 0.25) is 0 Å². The Labute approximate surface area is 141 Å². The zero-order valence-corrected chi connectivity index (χ0v) is 14.4. The Kier molecular flexibility index (Phi) is 4.96. The Balaban J connectivity index is 1.59. The highest BCUT2D eigenvalue weighted by Crippen LogP contribution is 2.25. The molecule has 3 rings (SSSR count). The summed E-state index contributed by atoms with van der Waals surface area (Å²) in [6, 6.07) is 1.78. The highest BCUT2D eigenvalue weighted by molar-refractivity contribution is 5.93. The average Bonchev–Trinajstić information content (AvgIpc) is 3.14. The number of nitrogens with zero attached hydrogens (tertiary/aromatic N) is 4. The van der Waals surface area contributed by atoms with Crippen molar-refractivity contribution in [3.05, 3.63) is 23.1 Å². The topological polar surface area (TPSA) is 88.1 Å². The van der Waals surface area contributed by atoms with Crippen molar-refractivity contribution >= 4 is 5.91 Å². The Morgan fingerprint density at radius 1 is 1.38 bits per heavy atom. The van der Waals surface area contributed by atoms with Gasteiger partial charge in [-0.05, 0) is 19.9 Å². The lowest BCUT2D eigenvalue weighted by Gasteiger charge is -2.26. The molecule has 0 bridgehead atoms. The summed E-state index contributed by atoms with van der Waals surface area (Å²) in [5.74, 6) is -0.138. The first kappa shape index (κ1) is 16.7. The van der Waals surface area contributed by atoms with Crippen molar-refractivity contribution < 1.29 is 9.53 Å². The molecule has 0 aromatic carbocycles. The van der Waals surface area contributed by atoms with E-state index < -0.39 is 0 Å². The first-order valence-corrected chi connectivity index (χ1v) is 8.20. The number of aromatic amines is 1. The lowest BCUT2D eigenvalue weighted by atomic mass is 10.1. The third kappa shape index (κ3) is 3.49. The molecule has 1 amide bonds. The van der Waals surface area contributed by atoms with E-state index in [0.29, 0.717) is 12.2 Å². The van der Waals surface area contributed by atoms with Crippen molar-refractivity contribution in [2.75, 3.05) is 39.4 Å². The summed E-state index contributed by atoms with van der Waals surface area (Å²) in [6.45, 7) is 8.75. The molecule has 0 atom stereocenters. The van der Waals surface area contributed by atoms with Gasteiger partial charge in [0.1, 0.15) is 5.69 Å². The van der Waals surface area contributed by atoms with Gasteiger partial charge < -0.3 is 10.1 Å². The van der Waals surface area contributed by atoms with Crippen LogP contribution in [0.4, 0.5) is 0 Å². The zero-order valence-electron chi connectivity index (χ0n) is 14.4. The maximum Gasteiger partial charge on any atom is 0.269 e. The Hall–Kier alpha value is -2.19. The first-order valence-electron chi connectivity index (χ1n) is 8.20. The molecule has 24 heavy (non-hydrogen) atoms. The van der Waals surface area contributed by atoms with Gasteiger partial charge in [0.25, 0.3) is 5.91 Å². The lowest BCUT2D eigenvalue weighted by Crippen LogP contribution is -2.41. The van der Waals surface area contributed by atoms with Crippen molar-refractivity contribution in [3.8, 4) is 11.3 Å². The number of ether oxygens (including phenoxy) is 1. The van der Waals surface area contributed by atoms with Gasteiger partial charge in [0, 0.05) is 44.5 Å². The van der Waals surface area contributed by atoms with E-state index in [-0.39, 0.29) is 5.91 Å². The highest BCUT2D eigenvalue weighted by Gasteiger charge is 2.17. The number of morpholine rings is 1. The fourth-order valence-electron chi connectivity index (χ4n) is 2.96. The van der Waals surface area contributed by atoms with E-state index in [9.17, 15) is 4.79 Å². The van der Waals surface area contributed by atoms with Gasteiger partial charge >= 0.3 is 0 Å². The van der Waals surface area contributed by atoms with Gasteiger partial charge in [0.2, 0.25) is 0 Å². The SMILES string of the molecule is Cc1nn(C)c(C)c1-c1cc(C(=O)NCCN2CCOCC2)[nH]n1. The minimum Gasteiger partial charge on any atom is -0.379 e. The maximum atomic E-state index is 12.3.